The molecule has 0 amide bonds. The number of ether oxygens (including phenoxy) is 2. The number of Topliss-reactive ketones (excluding diaryl/α,β-unsaturated/α-hetero) is 1. The van der Waals surface area contributed by atoms with Gasteiger partial charge in [-0.25, -0.2) is 0 Å². The maximum Gasteiger partial charge on any atom is 0.322 e. The van der Waals surface area contributed by atoms with Gasteiger partial charge in [0, 0.05) is 38.6 Å². The third kappa shape index (κ3) is 4.30. The molecule has 4 heterocycles. The van der Waals surface area contributed by atoms with E-state index < -0.39 is 40.6 Å². The molecule has 0 saturated carbocycles. The Balaban J connectivity index is 1.99. The first-order valence-electron chi connectivity index (χ1n) is 13.0. The van der Waals surface area contributed by atoms with Gasteiger partial charge < -0.3 is 14.4 Å². The Hall–Kier alpha value is -3.21. The van der Waals surface area contributed by atoms with E-state index in [1.165, 1.54) is 14.2 Å². The molecule has 0 spiro atoms. The number of fused-ring (bicyclic) bond motifs is 2. The van der Waals surface area contributed by atoms with Gasteiger partial charge in [-0.1, -0.05) is 26.0 Å². The number of ketones is 1. The third-order valence-electron chi connectivity index (χ3n) is 8.17. The summed E-state index contributed by atoms with van der Waals surface area (Å²) in [5, 5.41) is 0. The summed E-state index contributed by atoms with van der Waals surface area (Å²) in [5.41, 5.74) is -2.34. The number of likely N-dealkylation sites (tertiary alicyclic amines) is 2. The number of carbonyl (C=O) groups excluding carboxylic acids is 3. The molecule has 2 aliphatic rings. The van der Waals surface area contributed by atoms with E-state index in [0.29, 0.717) is 24.5 Å². The summed E-state index contributed by atoms with van der Waals surface area (Å²) in [6.07, 6.45) is 3.27. The minimum Gasteiger partial charge on any atom is -0.468 e. The number of piperidine rings is 2. The van der Waals surface area contributed by atoms with Crippen LogP contribution < -0.4 is 0 Å². The Morgan fingerprint density at radius 3 is 1.76 bits per heavy atom. The fourth-order valence-electron chi connectivity index (χ4n) is 6.45. The van der Waals surface area contributed by atoms with Gasteiger partial charge in [-0.05, 0) is 44.4 Å². The second-order valence-corrected chi connectivity index (χ2v) is 9.97. The molecule has 10 nitrogen and oxygen atoms in total. The van der Waals surface area contributed by atoms with Gasteiger partial charge in [-0.15, -0.1) is 0 Å². The average molecular weight is 524 g/mol. The first-order chi connectivity index (χ1) is 18.3. The molecule has 0 radical (unpaired) electrons. The summed E-state index contributed by atoms with van der Waals surface area (Å²) in [6, 6.07) is 9.21. The zero-order chi connectivity index (χ0) is 27.5. The molecule has 2 saturated heterocycles. The van der Waals surface area contributed by atoms with Crippen LogP contribution in [0, 0.1) is 10.8 Å². The highest BCUT2D eigenvalue weighted by molar-refractivity contribution is 6.17. The van der Waals surface area contributed by atoms with Crippen molar-refractivity contribution in [2.45, 2.75) is 25.9 Å². The summed E-state index contributed by atoms with van der Waals surface area (Å²) >= 11 is 0. The van der Waals surface area contributed by atoms with Gasteiger partial charge in [0.25, 0.3) is 0 Å². The van der Waals surface area contributed by atoms with E-state index in [9.17, 15) is 14.4 Å². The molecule has 0 aliphatic carbocycles. The van der Waals surface area contributed by atoms with E-state index in [1.807, 2.05) is 29.0 Å². The lowest BCUT2D eigenvalue weighted by Crippen LogP contribution is -2.75. The molecule has 4 rings (SSSR count). The topological polar surface area (TPSA) is 105 Å². The van der Waals surface area contributed by atoms with Crippen LogP contribution >= 0.6 is 0 Å². The third-order valence-corrected chi connectivity index (χ3v) is 8.17. The number of likely N-dealkylation sites (N-methyl/N-ethyl adjacent to an activating group) is 1. The standard InChI is InChI=1S/C28H37N5O5/c1-6-32(7-2)16-17-33-18-27(25(35)37-4)22(20-12-8-10-14-29-20)31(3)23(21-13-9-11-15-30-21)28(19-33,24(27)34)26(36)38-5/h8-15,22-23H,6-7,16-19H2,1-5H3/t22-,23+,27?,28?. The maximum atomic E-state index is 14.8. The van der Waals surface area contributed by atoms with Crippen LogP contribution in [0.4, 0.5) is 0 Å². The summed E-state index contributed by atoms with van der Waals surface area (Å²) < 4.78 is 10.7. The van der Waals surface area contributed by atoms with Gasteiger partial charge in [0.2, 0.25) is 0 Å². The highest BCUT2D eigenvalue weighted by Crippen LogP contribution is 2.60. The molecule has 2 bridgehead atoms. The van der Waals surface area contributed by atoms with Crippen molar-refractivity contribution in [3.8, 4) is 0 Å². The van der Waals surface area contributed by atoms with Crippen molar-refractivity contribution in [3.63, 3.8) is 0 Å². The smallest absolute Gasteiger partial charge is 0.322 e. The zero-order valence-corrected chi connectivity index (χ0v) is 22.8. The molecule has 2 fully saturated rings. The highest BCUT2D eigenvalue weighted by Gasteiger charge is 2.75. The van der Waals surface area contributed by atoms with Gasteiger partial charge in [-0.3, -0.25) is 34.2 Å². The van der Waals surface area contributed by atoms with Crippen molar-refractivity contribution in [3.05, 3.63) is 60.2 Å². The van der Waals surface area contributed by atoms with Crippen LogP contribution in [0.2, 0.25) is 0 Å². The van der Waals surface area contributed by atoms with Crippen molar-refractivity contribution >= 4 is 17.7 Å². The highest BCUT2D eigenvalue weighted by atomic mass is 16.5. The molecule has 2 aromatic heterocycles. The molecule has 2 aromatic rings. The minimum absolute atomic E-state index is 0.0963. The van der Waals surface area contributed by atoms with Crippen molar-refractivity contribution in [1.29, 1.82) is 0 Å². The lowest BCUT2D eigenvalue weighted by atomic mass is 9.54. The first kappa shape index (κ1) is 27.8. The number of rotatable bonds is 9. The number of hydrogen-bond donors (Lipinski definition) is 0. The molecule has 2 aliphatic heterocycles. The molecule has 204 valence electrons. The molecule has 4 atom stereocenters. The van der Waals surface area contributed by atoms with E-state index in [1.54, 1.807) is 36.7 Å². The first-order valence-corrected chi connectivity index (χ1v) is 13.0. The van der Waals surface area contributed by atoms with Crippen molar-refractivity contribution < 1.29 is 23.9 Å². The van der Waals surface area contributed by atoms with Crippen LogP contribution in [-0.4, -0.2) is 103 Å². The maximum absolute atomic E-state index is 14.8. The second kappa shape index (κ2) is 11.3. The normalized spacial score (nSPS) is 27.8. The molecule has 38 heavy (non-hydrogen) atoms. The molecular formula is C28H37N5O5. The number of carbonyl (C=O) groups is 3. The van der Waals surface area contributed by atoms with E-state index >= 15 is 0 Å². The Morgan fingerprint density at radius 2 is 1.39 bits per heavy atom. The second-order valence-electron chi connectivity index (χ2n) is 9.97. The van der Waals surface area contributed by atoms with Gasteiger partial charge >= 0.3 is 11.9 Å². The van der Waals surface area contributed by atoms with Crippen LogP contribution in [0.5, 0.6) is 0 Å². The largest absolute Gasteiger partial charge is 0.468 e. The van der Waals surface area contributed by atoms with Crippen molar-refractivity contribution in [1.82, 2.24) is 24.7 Å². The Labute approximate surface area is 223 Å². The van der Waals surface area contributed by atoms with E-state index in [0.717, 1.165) is 13.1 Å². The SMILES string of the molecule is CCN(CC)CCN1CC2(C(=O)OC)C(=O)C(C(=O)OC)(C1)[C@@H](c1ccccn1)N(C)[C@H]2c1ccccn1. The van der Waals surface area contributed by atoms with Gasteiger partial charge in [0.1, 0.15) is 0 Å². The predicted octanol–water partition coefficient (Wildman–Crippen LogP) is 1.75. The van der Waals surface area contributed by atoms with Crippen LogP contribution in [-0.2, 0) is 23.9 Å². The monoisotopic (exact) mass is 523 g/mol. The number of methoxy groups -OCH3 is 2. The fraction of sp³-hybridized carbons (Fsp3) is 0.536. The van der Waals surface area contributed by atoms with Crippen molar-refractivity contribution in [2.75, 3.05) is 60.5 Å². The molecule has 10 heteroatoms. The van der Waals surface area contributed by atoms with Crippen LogP contribution in [0.3, 0.4) is 0 Å². The van der Waals surface area contributed by atoms with Gasteiger partial charge in [0.15, 0.2) is 16.6 Å². The van der Waals surface area contributed by atoms with E-state index in [4.69, 9.17) is 9.47 Å². The summed E-state index contributed by atoms with van der Waals surface area (Å²) in [6.45, 7) is 7.37. The number of pyridine rings is 2. The summed E-state index contributed by atoms with van der Waals surface area (Å²) in [5.74, 6) is -1.89. The van der Waals surface area contributed by atoms with E-state index in [2.05, 4.69) is 28.7 Å². The Morgan fingerprint density at radius 1 is 0.921 bits per heavy atom. The number of nitrogens with zero attached hydrogens (tertiary/aromatic N) is 5. The fourth-order valence-corrected chi connectivity index (χ4v) is 6.45. The Bertz CT molecular complexity index is 1070. The van der Waals surface area contributed by atoms with E-state index in [-0.39, 0.29) is 13.1 Å². The van der Waals surface area contributed by atoms with Crippen molar-refractivity contribution in [2.24, 2.45) is 10.8 Å². The van der Waals surface area contributed by atoms with Crippen LogP contribution in [0.15, 0.2) is 48.8 Å². The summed E-state index contributed by atoms with van der Waals surface area (Å²) in [7, 11) is 4.37. The van der Waals surface area contributed by atoms with Gasteiger partial charge in [-0.2, -0.15) is 0 Å². The number of hydrogen-bond acceptors (Lipinski definition) is 10. The lowest BCUT2D eigenvalue weighted by Gasteiger charge is -2.60. The lowest BCUT2D eigenvalue weighted by molar-refractivity contribution is -0.204. The molecule has 2 unspecified atom stereocenters. The van der Waals surface area contributed by atoms with Crippen LogP contribution in [0.1, 0.15) is 37.3 Å². The minimum atomic E-state index is -1.71. The Kier molecular flexibility index (Phi) is 8.25. The molecule has 0 N–H and O–H groups in total. The predicted molar refractivity (Wildman–Crippen MR) is 140 cm³/mol. The van der Waals surface area contributed by atoms with Crippen LogP contribution in [0.25, 0.3) is 0 Å². The average Bonchev–Trinajstić information content (AvgIpc) is 2.95. The quantitative estimate of drug-likeness (QED) is 0.357. The van der Waals surface area contributed by atoms with Gasteiger partial charge in [0.05, 0.1) is 37.7 Å². The zero-order valence-electron chi connectivity index (χ0n) is 22.8. The number of aromatic nitrogens is 2. The molecule has 0 aromatic carbocycles. The summed E-state index contributed by atoms with van der Waals surface area (Å²) in [4.78, 5) is 57.8. The molecular weight excluding hydrogens is 486 g/mol. The number of esters is 2.